The van der Waals surface area contributed by atoms with Gasteiger partial charge in [-0.1, -0.05) is 91.0 Å². The molecule has 0 atom stereocenters. The molecule has 0 unspecified atom stereocenters. The molecule has 0 saturated heterocycles. The summed E-state index contributed by atoms with van der Waals surface area (Å²) >= 11 is 0. The van der Waals surface area contributed by atoms with Gasteiger partial charge in [0.15, 0.2) is 0 Å². The highest BCUT2D eigenvalue weighted by molar-refractivity contribution is 6.09. The minimum Gasteiger partial charge on any atom is -0.249 e. The summed E-state index contributed by atoms with van der Waals surface area (Å²) in [6.45, 7) is 0. The molecule has 0 aliphatic rings. The Balaban J connectivity index is 1.87. The summed E-state index contributed by atoms with van der Waals surface area (Å²) in [5.41, 5.74) is 4.18. The summed E-state index contributed by atoms with van der Waals surface area (Å²) in [5.74, 6) is 0. The number of aliphatic imine (C=N–C) groups is 1. The van der Waals surface area contributed by atoms with Gasteiger partial charge in [0.1, 0.15) is 0 Å². The van der Waals surface area contributed by atoms with Crippen LogP contribution in [0.2, 0.25) is 0 Å². The van der Waals surface area contributed by atoms with Crippen molar-refractivity contribution in [3.8, 4) is 0 Å². The van der Waals surface area contributed by atoms with Crippen molar-refractivity contribution in [3.63, 3.8) is 0 Å². The second-order valence-corrected chi connectivity index (χ2v) is 5.36. The average Bonchev–Trinajstić information content (AvgIpc) is 2.66. The lowest BCUT2D eigenvalue weighted by Crippen LogP contribution is -1.87. The summed E-state index contributed by atoms with van der Waals surface area (Å²) in [5, 5.41) is 0. The molecular formula is C23H19N. The van der Waals surface area contributed by atoms with E-state index in [1.165, 1.54) is 0 Å². The van der Waals surface area contributed by atoms with Gasteiger partial charge in [-0.2, -0.15) is 0 Å². The summed E-state index contributed by atoms with van der Waals surface area (Å²) in [7, 11) is 0. The third-order valence-corrected chi connectivity index (χ3v) is 3.51. The molecule has 1 heteroatoms. The van der Waals surface area contributed by atoms with Crippen LogP contribution in [-0.4, -0.2) is 5.71 Å². The van der Waals surface area contributed by atoms with Crippen molar-refractivity contribution in [2.75, 3.05) is 0 Å². The molecule has 0 fully saturated rings. The lowest BCUT2D eigenvalue weighted by molar-refractivity contribution is 1.52. The molecule has 0 aromatic heterocycles. The number of benzene rings is 3. The second-order valence-electron chi connectivity index (χ2n) is 5.36. The van der Waals surface area contributed by atoms with Gasteiger partial charge in [0.2, 0.25) is 0 Å². The largest absolute Gasteiger partial charge is 0.249 e. The molecule has 0 bridgehead atoms. The number of hydrogen-bond donors (Lipinski definition) is 0. The minimum atomic E-state index is 0.911. The standard InChI is InChI=1S/C23H19N/c1-4-10-20(11-5-1)16-18-23(24-22-14-8-3-9-15-22)19-17-21-12-6-2-7-13-21/h1-19H. The molecule has 0 amide bonds. The van der Waals surface area contributed by atoms with E-state index in [0.717, 1.165) is 22.5 Å². The molecule has 3 rings (SSSR count). The lowest BCUT2D eigenvalue weighted by atomic mass is 10.1. The highest BCUT2D eigenvalue weighted by atomic mass is 14.7. The third-order valence-electron chi connectivity index (χ3n) is 3.51. The predicted octanol–water partition coefficient (Wildman–Crippen LogP) is 6.19. The molecule has 116 valence electrons. The lowest BCUT2D eigenvalue weighted by Gasteiger charge is -1.98. The van der Waals surface area contributed by atoms with Crippen LogP contribution in [0.1, 0.15) is 11.1 Å². The molecule has 0 aliphatic carbocycles. The van der Waals surface area contributed by atoms with E-state index in [2.05, 4.69) is 36.4 Å². The van der Waals surface area contributed by atoms with E-state index in [4.69, 9.17) is 4.99 Å². The van der Waals surface area contributed by atoms with Gasteiger partial charge in [-0.3, -0.25) is 0 Å². The summed E-state index contributed by atoms with van der Waals surface area (Å²) in [6.07, 6.45) is 8.25. The Kier molecular flexibility index (Phi) is 5.52. The number of rotatable bonds is 5. The summed E-state index contributed by atoms with van der Waals surface area (Å²) in [6, 6.07) is 30.5. The Morgan fingerprint density at radius 2 is 0.958 bits per heavy atom. The van der Waals surface area contributed by atoms with E-state index < -0.39 is 0 Å². The highest BCUT2D eigenvalue weighted by Crippen LogP contribution is 2.12. The average molecular weight is 309 g/mol. The van der Waals surface area contributed by atoms with Crippen LogP contribution in [0.4, 0.5) is 5.69 Å². The van der Waals surface area contributed by atoms with E-state index in [1.54, 1.807) is 0 Å². The van der Waals surface area contributed by atoms with Gasteiger partial charge in [-0.25, -0.2) is 4.99 Å². The van der Waals surface area contributed by atoms with Gasteiger partial charge in [-0.05, 0) is 35.4 Å². The monoisotopic (exact) mass is 309 g/mol. The van der Waals surface area contributed by atoms with E-state index in [9.17, 15) is 0 Å². The minimum absolute atomic E-state index is 0.911. The summed E-state index contributed by atoms with van der Waals surface area (Å²) in [4.78, 5) is 4.73. The van der Waals surface area contributed by atoms with Crippen molar-refractivity contribution in [1.29, 1.82) is 0 Å². The van der Waals surface area contributed by atoms with E-state index >= 15 is 0 Å². The molecule has 0 aliphatic heterocycles. The fourth-order valence-corrected chi connectivity index (χ4v) is 2.27. The van der Waals surface area contributed by atoms with Crippen molar-refractivity contribution in [2.45, 2.75) is 0 Å². The molecule has 3 aromatic rings. The van der Waals surface area contributed by atoms with Crippen molar-refractivity contribution < 1.29 is 0 Å². The normalized spacial score (nSPS) is 11.0. The van der Waals surface area contributed by atoms with Crippen molar-refractivity contribution in [2.24, 2.45) is 4.99 Å². The number of allylic oxidation sites excluding steroid dienone is 2. The number of nitrogens with zero attached hydrogens (tertiary/aromatic N) is 1. The van der Waals surface area contributed by atoms with E-state index in [-0.39, 0.29) is 0 Å². The quantitative estimate of drug-likeness (QED) is 0.499. The molecule has 0 radical (unpaired) electrons. The number of para-hydroxylation sites is 1. The fraction of sp³-hybridized carbons (Fsp3) is 0. The van der Waals surface area contributed by atoms with Crippen molar-refractivity contribution >= 4 is 23.6 Å². The molecule has 0 saturated carbocycles. The van der Waals surface area contributed by atoms with Crippen LogP contribution in [-0.2, 0) is 0 Å². The first kappa shape index (κ1) is 15.7. The second kappa shape index (κ2) is 8.44. The van der Waals surface area contributed by atoms with Crippen LogP contribution >= 0.6 is 0 Å². The maximum absolute atomic E-state index is 4.73. The molecule has 0 spiro atoms. The zero-order valence-corrected chi connectivity index (χ0v) is 13.4. The molecule has 1 nitrogen and oxygen atoms in total. The molecule has 24 heavy (non-hydrogen) atoms. The van der Waals surface area contributed by atoms with Crippen LogP contribution in [0.3, 0.4) is 0 Å². The van der Waals surface area contributed by atoms with Gasteiger partial charge >= 0.3 is 0 Å². The van der Waals surface area contributed by atoms with Gasteiger partial charge in [0, 0.05) is 0 Å². The van der Waals surface area contributed by atoms with Crippen LogP contribution < -0.4 is 0 Å². The van der Waals surface area contributed by atoms with Gasteiger partial charge in [-0.15, -0.1) is 0 Å². The van der Waals surface area contributed by atoms with Crippen LogP contribution in [0.25, 0.3) is 12.2 Å². The Labute approximate surface area is 143 Å². The van der Waals surface area contributed by atoms with E-state index in [0.29, 0.717) is 0 Å². The Morgan fingerprint density at radius 1 is 0.542 bits per heavy atom. The van der Waals surface area contributed by atoms with Crippen LogP contribution in [0, 0.1) is 0 Å². The van der Waals surface area contributed by atoms with Gasteiger partial charge in [0.05, 0.1) is 11.4 Å². The Morgan fingerprint density at radius 3 is 1.42 bits per heavy atom. The maximum Gasteiger partial charge on any atom is 0.0637 e. The van der Waals surface area contributed by atoms with Crippen LogP contribution in [0.5, 0.6) is 0 Å². The van der Waals surface area contributed by atoms with Crippen molar-refractivity contribution in [1.82, 2.24) is 0 Å². The van der Waals surface area contributed by atoms with Crippen LogP contribution in [0.15, 0.2) is 108 Å². The smallest absolute Gasteiger partial charge is 0.0637 e. The fourth-order valence-electron chi connectivity index (χ4n) is 2.27. The summed E-state index contributed by atoms with van der Waals surface area (Å²) < 4.78 is 0. The van der Waals surface area contributed by atoms with Gasteiger partial charge in [0.25, 0.3) is 0 Å². The zero-order chi connectivity index (χ0) is 16.5. The highest BCUT2D eigenvalue weighted by Gasteiger charge is 1.93. The zero-order valence-electron chi connectivity index (χ0n) is 13.4. The first-order valence-corrected chi connectivity index (χ1v) is 8.00. The first-order chi connectivity index (χ1) is 11.9. The first-order valence-electron chi connectivity index (χ1n) is 8.00. The maximum atomic E-state index is 4.73. The molecular weight excluding hydrogens is 290 g/mol. The SMILES string of the molecule is C(=Cc1ccccc1)C(C=Cc1ccccc1)=Nc1ccccc1. The molecule has 0 heterocycles. The molecule has 3 aromatic carbocycles. The number of hydrogen-bond acceptors (Lipinski definition) is 1. The Bertz CT molecular complexity index is 777. The van der Waals surface area contributed by atoms with E-state index in [1.807, 2.05) is 78.9 Å². The van der Waals surface area contributed by atoms with Crippen molar-refractivity contribution in [3.05, 3.63) is 114 Å². The van der Waals surface area contributed by atoms with Gasteiger partial charge < -0.3 is 0 Å². The topological polar surface area (TPSA) is 12.4 Å². The molecule has 0 N–H and O–H groups in total. The predicted molar refractivity (Wildman–Crippen MR) is 104 cm³/mol. The third kappa shape index (κ3) is 4.92. The Hall–Kier alpha value is -3.19.